The zero-order valence-electron chi connectivity index (χ0n) is 15.3. The number of amides is 1. The van der Waals surface area contributed by atoms with E-state index in [0.717, 1.165) is 38.5 Å². The van der Waals surface area contributed by atoms with E-state index in [1.54, 1.807) is 19.2 Å². The summed E-state index contributed by atoms with van der Waals surface area (Å²) in [6, 6.07) is 3.69. The van der Waals surface area contributed by atoms with Crippen molar-refractivity contribution < 1.29 is 13.2 Å². The molecule has 2 aliphatic rings. The van der Waals surface area contributed by atoms with Crippen molar-refractivity contribution in [2.45, 2.75) is 79.1 Å². The molecule has 0 unspecified atom stereocenters. The minimum atomic E-state index is -3.53. The van der Waals surface area contributed by atoms with Gasteiger partial charge in [0.05, 0.1) is 10.3 Å². The normalized spacial score (nSPS) is 20.1. The SMILES string of the molecule is C[C@@H](Sc1ccc(S(=O)(=O)N(C)C2CCCCC2)cn1)C(=O)NC1CC1. The van der Waals surface area contributed by atoms with Gasteiger partial charge < -0.3 is 5.32 Å². The summed E-state index contributed by atoms with van der Waals surface area (Å²) in [4.78, 5) is 16.5. The largest absolute Gasteiger partial charge is 0.352 e. The number of carbonyl (C=O) groups is 1. The maximum absolute atomic E-state index is 12.8. The molecule has 6 nitrogen and oxygen atoms in total. The molecule has 26 heavy (non-hydrogen) atoms. The van der Waals surface area contributed by atoms with E-state index in [1.165, 1.54) is 28.7 Å². The standard InChI is InChI=1S/C18H27N3O3S2/c1-13(18(22)20-14-8-9-14)25-17-11-10-16(12-19-17)26(23,24)21(2)15-6-4-3-5-7-15/h10-15H,3-9H2,1-2H3,(H,20,22)/t13-/m1/s1. The first kappa shape index (κ1) is 19.6. The number of hydrogen-bond acceptors (Lipinski definition) is 5. The predicted molar refractivity (Wildman–Crippen MR) is 103 cm³/mol. The van der Waals surface area contributed by atoms with Crippen molar-refractivity contribution >= 4 is 27.7 Å². The van der Waals surface area contributed by atoms with Crippen molar-refractivity contribution in [3.63, 3.8) is 0 Å². The second-order valence-electron chi connectivity index (χ2n) is 7.19. The molecule has 0 aromatic carbocycles. The molecule has 0 aliphatic heterocycles. The van der Waals surface area contributed by atoms with Gasteiger partial charge in [-0.2, -0.15) is 4.31 Å². The van der Waals surface area contributed by atoms with Crippen molar-refractivity contribution in [2.24, 2.45) is 0 Å². The molecule has 1 aromatic heterocycles. The third-order valence-corrected chi connectivity index (χ3v) is 8.01. The summed E-state index contributed by atoms with van der Waals surface area (Å²) in [5.74, 6) is 0.00744. The van der Waals surface area contributed by atoms with Gasteiger partial charge >= 0.3 is 0 Å². The van der Waals surface area contributed by atoms with Crippen molar-refractivity contribution in [2.75, 3.05) is 7.05 Å². The lowest BCUT2D eigenvalue weighted by Gasteiger charge is -2.30. The van der Waals surface area contributed by atoms with Crippen molar-refractivity contribution in [1.29, 1.82) is 0 Å². The third-order valence-electron chi connectivity index (χ3n) is 5.07. The molecule has 1 heterocycles. The molecule has 2 aliphatic carbocycles. The zero-order chi connectivity index (χ0) is 18.7. The highest BCUT2D eigenvalue weighted by atomic mass is 32.2. The van der Waals surface area contributed by atoms with Gasteiger partial charge in [0.25, 0.3) is 0 Å². The summed E-state index contributed by atoms with van der Waals surface area (Å²) in [7, 11) is -1.86. The van der Waals surface area contributed by atoms with Crippen LogP contribution in [0.15, 0.2) is 28.3 Å². The molecular formula is C18H27N3O3S2. The lowest BCUT2D eigenvalue weighted by Crippen LogP contribution is -2.38. The summed E-state index contributed by atoms with van der Waals surface area (Å²) >= 11 is 1.35. The fourth-order valence-corrected chi connectivity index (χ4v) is 5.34. The molecule has 1 N–H and O–H groups in total. The lowest BCUT2D eigenvalue weighted by atomic mass is 9.96. The van der Waals surface area contributed by atoms with E-state index < -0.39 is 10.0 Å². The van der Waals surface area contributed by atoms with Gasteiger partial charge in [0, 0.05) is 25.3 Å². The molecule has 1 atom stereocenters. The van der Waals surface area contributed by atoms with Crippen molar-refractivity contribution in [3.8, 4) is 0 Å². The van der Waals surface area contributed by atoms with Gasteiger partial charge in [-0.15, -0.1) is 0 Å². The third kappa shape index (κ3) is 4.78. The first-order valence-corrected chi connectivity index (χ1v) is 11.6. The minimum Gasteiger partial charge on any atom is -0.352 e. The molecule has 3 rings (SSSR count). The number of nitrogens with one attached hydrogen (secondary N) is 1. The van der Waals surface area contributed by atoms with Gasteiger partial charge in [-0.05, 0) is 44.7 Å². The van der Waals surface area contributed by atoms with Gasteiger partial charge in [-0.25, -0.2) is 13.4 Å². The Labute approximate surface area is 160 Å². The second kappa shape index (κ2) is 8.27. The Hall–Kier alpha value is -1.12. The Morgan fingerprint density at radius 1 is 1.23 bits per heavy atom. The highest BCUT2D eigenvalue weighted by Gasteiger charge is 2.30. The number of sulfonamides is 1. The maximum Gasteiger partial charge on any atom is 0.244 e. The summed E-state index contributed by atoms with van der Waals surface area (Å²) in [6.45, 7) is 1.84. The van der Waals surface area contributed by atoms with Crippen LogP contribution in [-0.4, -0.2) is 48.0 Å². The van der Waals surface area contributed by atoms with Gasteiger partial charge in [0.15, 0.2) is 0 Å². The highest BCUT2D eigenvalue weighted by molar-refractivity contribution is 8.00. The number of pyridine rings is 1. The van der Waals surface area contributed by atoms with E-state index >= 15 is 0 Å². The Balaban J connectivity index is 1.63. The summed E-state index contributed by atoms with van der Waals surface area (Å²) in [5.41, 5.74) is 0. The van der Waals surface area contributed by atoms with Crippen LogP contribution in [-0.2, 0) is 14.8 Å². The monoisotopic (exact) mass is 397 g/mol. The number of aromatic nitrogens is 1. The van der Waals surface area contributed by atoms with Crippen molar-refractivity contribution in [3.05, 3.63) is 18.3 Å². The van der Waals surface area contributed by atoms with E-state index in [-0.39, 0.29) is 22.1 Å². The van der Waals surface area contributed by atoms with Crippen LogP contribution in [0, 0.1) is 0 Å². The molecule has 0 saturated heterocycles. The molecule has 0 radical (unpaired) electrons. The lowest BCUT2D eigenvalue weighted by molar-refractivity contribution is -0.120. The summed E-state index contributed by atoms with van der Waals surface area (Å²) in [5, 5.41) is 3.37. The predicted octanol–water partition coefficient (Wildman–Crippen LogP) is 2.79. The Morgan fingerprint density at radius 2 is 1.92 bits per heavy atom. The van der Waals surface area contributed by atoms with Crippen LogP contribution >= 0.6 is 11.8 Å². The van der Waals surface area contributed by atoms with Crippen LogP contribution in [0.2, 0.25) is 0 Å². The molecule has 8 heteroatoms. The van der Waals surface area contributed by atoms with Crippen LogP contribution in [0.1, 0.15) is 51.9 Å². The fraction of sp³-hybridized carbons (Fsp3) is 0.667. The molecule has 144 valence electrons. The molecule has 1 amide bonds. The van der Waals surface area contributed by atoms with Crippen LogP contribution in [0.5, 0.6) is 0 Å². The minimum absolute atomic E-state index is 0.00744. The van der Waals surface area contributed by atoms with Crippen LogP contribution < -0.4 is 5.32 Å². The fourth-order valence-electron chi connectivity index (χ4n) is 3.18. The Morgan fingerprint density at radius 3 is 2.50 bits per heavy atom. The van der Waals surface area contributed by atoms with Gasteiger partial charge in [-0.3, -0.25) is 4.79 Å². The molecule has 0 spiro atoms. The maximum atomic E-state index is 12.8. The second-order valence-corrected chi connectivity index (χ2v) is 10.5. The summed E-state index contributed by atoms with van der Waals surface area (Å²) < 4.78 is 27.1. The van der Waals surface area contributed by atoms with Crippen LogP contribution in [0.25, 0.3) is 0 Å². The van der Waals surface area contributed by atoms with Gasteiger partial charge in [-0.1, -0.05) is 31.0 Å². The highest BCUT2D eigenvalue weighted by Crippen LogP contribution is 2.28. The summed E-state index contributed by atoms with van der Waals surface area (Å²) in [6.07, 6.45) is 8.71. The topological polar surface area (TPSA) is 79.4 Å². The smallest absolute Gasteiger partial charge is 0.244 e. The van der Waals surface area contributed by atoms with E-state index in [9.17, 15) is 13.2 Å². The first-order valence-electron chi connectivity index (χ1n) is 9.29. The average molecular weight is 398 g/mol. The van der Waals surface area contributed by atoms with Gasteiger partial charge in [0.2, 0.25) is 15.9 Å². The number of rotatable bonds is 7. The molecule has 1 aromatic rings. The Bertz CT molecular complexity index is 727. The number of carbonyl (C=O) groups excluding carboxylic acids is 1. The molecule has 2 saturated carbocycles. The van der Waals surface area contributed by atoms with E-state index in [0.29, 0.717) is 11.1 Å². The molecule has 2 fully saturated rings. The Kier molecular flexibility index (Phi) is 6.25. The van der Waals surface area contributed by atoms with E-state index in [1.807, 2.05) is 6.92 Å². The van der Waals surface area contributed by atoms with Crippen molar-refractivity contribution in [1.82, 2.24) is 14.6 Å². The average Bonchev–Trinajstić information content (AvgIpc) is 3.46. The quantitative estimate of drug-likeness (QED) is 0.716. The van der Waals surface area contributed by atoms with E-state index in [2.05, 4.69) is 10.3 Å². The molecule has 0 bridgehead atoms. The van der Waals surface area contributed by atoms with Crippen LogP contribution in [0.4, 0.5) is 0 Å². The van der Waals surface area contributed by atoms with Crippen LogP contribution in [0.3, 0.4) is 0 Å². The number of hydrogen-bond donors (Lipinski definition) is 1. The first-order chi connectivity index (χ1) is 12.4. The zero-order valence-corrected chi connectivity index (χ0v) is 17.0. The van der Waals surface area contributed by atoms with Gasteiger partial charge in [0.1, 0.15) is 4.90 Å². The number of thioether (sulfide) groups is 1. The van der Waals surface area contributed by atoms with E-state index in [4.69, 9.17) is 0 Å². The number of nitrogens with zero attached hydrogens (tertiary/aromatic N) is 2. The molecular weight excluding hydrogens is 370 g/mol.